The first-order valence-corrected chi connectivity index (χ1v) is 8.54. The van der Waals surface area contributed by atoms with E-state index in [2.05, 4.69) is 15.6 Å². The number of nitrogens with one attached hydrogen (secondary N) is 2. The van der Waals surface area contributed by atoms with Gasteiger partial charge in [0.05, 0.1) is 6.10 Å². The SMILES string of the molecule is CN=C(NCC1CCCO1)NCC1(c2ccc(F)cc2)CCC1.I. The fourth-order valence-corrected chi connectivity index (χ4v) is 3.46. The predicted molar refractivity (Wildman–Crippen MR) is 106 cm³/mol. The molecule has 1 saturated heterocycles. The maximum absolute atomic E-state index is 13.2. The first-order chi connectivity index (χ1) is 11.2. The van der Waals surface area contributed by atoms with Crippen molar-refractivity contribution < 1.29 is 9.13 Å². The van der Waals surface area contributed by atoms with E-state index in [-0.39, 0.29) is 35.2 Å². The molecular formula is C18H27FIN3O. The van der Waals surface area contributed by atoms with Crippen molar-refractivity contribution in [1.29, 1.82) is 0 Å². The third-order valence-electron chi connectivity index (χ3n) is 5.11. The molecule has 2 fully saturated rings. The van der Waals surface area contributed by atoms with Crippen molar-refractivity contribution in [2.24, 2.45) is 4.99 Å². The molecule has 24 heavy (non-hydrogen) atoms. The third kappa shape index (κ3) is 4.59. The van der Waals surface area contributed by atoms with Crippen LogP contribution in [0.1, 0.15) is 37.7 Å². The molecule has 0 spiro atoms. The number of guanidine groups is 1. The molecule has 0 radical (unpaired) electrons. The van der Waals surface area contributed by atoms with Gasteiger partial charge in [-0.2, -0.15) is 0 Å². The van der Waals surface area contributed by atoms with Gasteiger partial charge in [0, 0.05) is 32.2 Å². The second-order valence-corrected chi connectivity index (χ2v) is 6.58. The van der Waals surface area contributed by atoms with E-state index in [1.54, 1.807) is 19.2 Å². The molecule has 1 aliphatic heterocycles. The van der Waals surface area contributed by atoms with E-state index in [9.17, 15) is 4.39 Å². The standard InChI is InChI=1S/C18H26FN3O.HI/c1-20-17(21-12-16-4-2-11-23-16)22-13-18(9-3-10-18)14-5-7-15(19)8-6-14;/h5-8,16H,2-4,9-13H2,1H3,(H2,20,21,22);1H. The van der Waals surface area contributed by atoms with Gasteiger partial charge >= 0.3 is 0 Å². The van der Waals surface area contributed by atoms with E-state index >= 15 is 0 Å². The topological polar surface area (TPSA) is 45.7 Å². The first kappa shape index (κ1) is 19.4. The lowest BCUT2D eigenvalue weighted by atomic mass is 9.64. The number of benzene rings is 1. The lowest BCUT2D eigenvalue weighted by Crippen LogP contribution is -2.49. The Kier molecular flexibility index (Phi) is 7.28. The normalized spacial score (nSPS) is 22.4. The highest BCUT2D eigenvalue weighted by molar-refractivity contribution is 14.0. The Hall–Kier alpha value is -0.890. The van der Waals surface area contributed by atoms with Crippen LogP contribution in [0.2, 0.25) is 0 Å². The summed E-state index contributed by atoms with van der Waals surface area (Å²) in [5, 5.41) is 6.79. The predicted octanol–water partition coefficient (Wildman–Crippen LogP) is 3.21. The number of halogens is 2. The Labute approximate surface area is 160 Å². The molecule has 1 saturated carbocycles. The smallest absolute Gasteiger partial charge is 0.191 e. The molecule has 1 aromatic rings. The largest absolute Gasteiger partial charge is 0.376 e. The molecule has 134 valence electrons. The van der Waals surface area contributed by atoms with E-state index in [1.165, 1.54) is 12.0 Å². The molecule has 4 nitrogen and oxygen atoms in total. The minimum atomic E-state index is -0.176. The van der Waals surface area contributed by atoms with Gasteiger partial charge in [-0.3, -0.25) is 4.99 Å². The summed E-state index contributed by atoms with van der Waals surface area (Å²) < 4.78 is 18.8. The summed E-state index contributed by atoms with van der Waals surface area (Å²) in [6.45, 7) is 2.49. The van der Waals surface area contributed by atoms with Crippen molar-refractivity contribution >= 4 is 29.9 Å². The van der Waals surface area contributed by atoms with Crippen LogP contribution in [0, 0.1) is 5.82 Å². The van der Waals surface area contributed by atoms with E-state index in [0.717, 1.165) is 51.3 Å². The van der Waals surface area contributed by atoms with Crippen LogP contribution in [-0.4, -0.2) is 38.8 Å². The zero-order valence-corrected chi connectivity index (χ0v) is 16.5. The number of rotatable bonds is 5. The zero-order chi connectivity index (χ0) is 16.1. The lowest BCUT2D eigenvalue weighted by Gasteiger charge is -2.43. The fourth-order valence-electron chi connectivity index (χ4n) is 3.46. The second kappa shape index (κ2) is 8.99. The first-order valence-electron chi connectivity index (χ1n) is 8.54. The molecular weight excluding hydrogens is 420 g/mol. The van der Waals surface area contributed by atoms with Crippen molar-refractivity contribution in [2.75, 3.05) is 26.7 Å². The monoisotopic (exact) mass is 447 g/mol. The molecule has 1 aliphatic carbocycles. The average molecular weight is 447 g/mol. The van der Waals surface area contributed by atoms with Crippen LogP contribution >= 0.6 is 24.0 Å². The van der Waals surface area contributed by atoms with Crippen LogP contribution in [0.5, 0.6) is 0 Å². The third-order valence-corrected chi connectivity index (χ3v) is 5.11. The van der Waals surface area contributed by atoms with E-state index in [0.29, 0.717) is 6.10 Å². The molecule has 1 heterocycles. The summed E-state index contributed by atoms with van der Waals surface area (Å²) in [6, 6.07) is 6.94. The number of nitrogens with zero attached hydrogens (tertiary/aromatic N) is 1. The van der Waals surface area contributed by atoms with Crippen molar-refractivity contribution in [3.8, 4) is 0 Å². The highest BCUT2D eigenvalue weighted by Gasteiger charge is 2.38. The highest BCUT2D eigenvalue weighted by atomic mass is 127. The lowest BCUT2D eigenvalue weighted by molar-refractivity contribution is 0.113. The molecule has 0 amide bonds. The summed E-state index contributed by atoms with van der Waals surface area (Å²) in [7, 11) is 1.79. The minimum Gasteiger partial charge on any atom is -0.376 e. The van der Waals surface area contributed by atoms with Gasteiger partial charge in [0.15, 0.2) is 5.96 Å². The van der Waals surface area contributed by atoms with Gasteiger partial charge in [-0.05, 0) is 43.4 Å². The summed E-state index contributed by atoms with van der Waals surface area (Å²) in [5.41, 5.74) is 1.32. The van der Waals surface area contributed by atoms with E-state index in [4.69, 9.17) is 4.74 Å². The Balaban J connectivity index is 0.00000208. The molecule has 2 N–H and O–H groups in total. The van der Waals surface area contributed by atoms with Crippen LogP contribution in [0.25, 0.3) is 0 Å². The maximum Gasteiger partial charge on any atom is 0.191 e. The fraction of sp³-hybridized carbons (Fsp3) is 0.611. The minimum absolute atomic E-state index is 0. The molecule has 2 aliphatic rings. The number of aliphatic imine (C=N–C) groups is 1. The molecule has 3 rings (SSSR count). The van der Waals surface area contributed by atoms with E-state index in [1.807, 2.05) is 12.1 Å². The van der Waals surface area contributed by atoms with Crippen LogP contribution < -0.4 is 10.6 Å². The quantitative estimate of drug-likeness (QED) is 0.414. The van der Waals surface area contributed by atoms with Crippen LogP contribution in [0.15, 0.2) is 29.3 Å². The van der Waals surface area contributed by atoms with Gasteiger partial charge in [0.1, 0.15) is 5.82 Å². The van der Waals surface area contributed by atoms with Crippen LogP contribution in [0.3, 0.4) is 0 Å². The van der Waals surface area contributed by atoms with Crippen molar-refractivity contribution in [3.05, 3.63) is 35.6 Å². The van der Waals surface area contributed by atoms with Gasteiger partial charge in [0.25, 0.3) is 0 Å². The Morgan fingerprint density at radius 1 is 1.25 bits per heavy atom. The number of ether oxygens (including phenoxy) is 1. The summed E-state index contributed by atoms with van der Waals surface area (Å²) in [6.07, 6.45) is 6.04. The molecule has 1 aromatic carbocycles. The van der Waals surface area contributed by atoms with Gasteiger partial charge in [-0.1, -0.05) is 18.6 Å². The number of hydrogen-bond acceptors (Lipinski definition) is 2. The molecule has 1 atom stereocenters. The Bertz CT molecular complexity index is 540. The summed E-state index contributed by atoms with van der Waals surface area (Å²) >= 11 is 0. The summed E-state index contributed by atoms with van der Waals surface area (Å²) in [5.74, 6) is 0.638. The molecule has 1 unspecified atom stereocenters. The Morgan fingerprint density at radius 3 is 2.54 bits per heavy atom. The van der Waals surface area contributed by atoms with Crippen molar-refractivity contribution in [3.63, 3.8) is 0 Å². The Morgan fingerprint density at radius 2 is 2.00 bits per heavy atom. The van der Waals surface area contributed by atoms with Crippen LogP contribution in [0.4, 0.5) is 4.39 Å². The molecule has 0 bridgehead atoms. The summed E-state index contributed by atoms with van der Waals surface area (Å²) in [4.78, 5) is 4.30. The van der Waals surface area contributed by atoms with Gasteiger partial charge in [-0.15, -0.1) is 24.0 Å². The van der Waals surface area contributed by atoms with Gasteiger partial charge in [0.2, 0.25) is 0 Å². The zero-order valence-electron chi connectivity index (χ0n) is 14.2. The highest BCUT2D eigenvalue weighted by Crippen LogP contribution is 2.43. The average Bonchev–Trinajstić information content (AvgIpc) is 3.04. The molecule has 0 aromatic heterocycles. The van der Waals surface area contributed by atoms with E-state index < -0.39 is 0 Å². The number of hydrogen-bond donors (Lipinski definition) is 2. The van der Waals surface area contributed by atoms with Gasteiger partial charge < -0.3 is 15.4 Å². The maximum atomic E-state index is 13.2. The second-order valence-electron chi connectivity index (χ2n) is 6.58. The van der Waals surface area contributed by atoms with Crippen molar-refractivity contribution in [2.45, 2.75) is 43.6 Å². The van der Waals surface area contributed by atoms with Gasteiger partial charge in [-0.25, -0.2) is 4.39 Å². The van der Waals surface area contributed by atoms with Crippen molar-refractivity contribution in [1.82, 2.24) is 10.6 Å². The van der Waals surface area contributed by atoms with Crippen LogP contribution in [-0.2, 0) is 10.2 Å². The molecule has 6 heteroatoms.